The van der Waals surface area contributed by atoms with Crippen LogP contribution in [0.25, 0.3) is 0 Å². The number of ether oxygens (including phenoxy) is 1. The summed E-state index contributed by atoms with van der Waals surface area (Å²) in [6, 6.07) is -1.07. The van der Waals surface area contributed by atoms with Crippen molar-refractivity contribution in [3.63, 3.8) is 0 Å². The topological polar surface area (TPSA) is 240 Å². The average molecular weight is 628 g/mol. The van der Waals surface area contributed by atoms with Gasteiger partial charge in [0.1, 0.15) is 29.4 Å². The second kappa shape index (κ2) is 14.0. The number of aliphatic hydroxyl groups excluding tert-OH is 1. The van der Waals surface area contributed by atoms with Crippen LogP contribution in [-0.2, 0) is 40.1 Å². The number of carbonyl (C=O) groups excluding carboxylic acids is 4. The fraction of sp³-hybridized carbons (Fsp3) is 0.400. The lowest BCUT2D eigenvalue weighted by Gasteiger charge is -2.49. The van der Waals surface area contributed by atoms with Crippen molar-refractivity contribution in [3.8, 4) is 0 Å². The molecule has 41 heavy (non-hydrogen) atoms. The van der Waals surface area contributed by atoms with Crippen LogP contribution in [0.4, 0.5) is 5.13 Å². The number of nitrogens with zero attached hydrogens (tertiary/aromatic N) is 7. The summed E-state index contributed by atoms with van der Waals surface area (Å²) in [5.74, 6) is -2.34. The number of thiazole rings is 1. The highest BCUT2D eigenvalue weighted by Gasteiger charge is 2.54. The van der Waals surface area contributed by atoms with E-state index < -0.39 is 29.2 Å². The maximum absolute atomic E-state index is 13.2. The van der Waals surface area contributed by atoms with Gasteiger partial charge in [0.05, 0.1) is 13.2 Å². The van der Waals surface area contributed by atoms with Crippen molar-refractivity contribution in [2.24, 2.45) is 5.16 Å². The van der Waals surface area contributed by atoms with Crippen molar-refractivity contribution in [2.45, 2.75) is 23.1 Å². The van der Waals surface area contributed by atoms with Crippen LogP contribution in [-0.4, -0.2) is 119 Å². The zero-order valence-electron chi connectivity index (χ0n) is 20.7. The molecule has 0 spiro atoms. The smallest absolute Gasteiger partial charge is 0.352 e. The van der Waals surface area contributed by atoms with E-state index in [1.807, 2.05) is 0 Å². The molecule has 4 N–H and O–H groups in total. The number of rotatable bonds is 16. The number of fused-ring (bicyclic) bond motifs is 1. The van der Waals surface area contributed by atoms with E-state index in [-0.39, 0.29) is 66.6 Å². The van der Waals surface area contributed by atoms with E-state index in [2.05, 4.69) is 41.0 Å². The van der Waals surface area contributed by atoms with Crippen molar-refractivity contribution >= 4 is 76.4 Å². The molecule has 1 fully saturated rings. The van der Waals surface area contributed by atoms with E-state index in [1.54, 1.807) is 0 Å². The predicted octanol–water partition coefficient (Wildman–Crippen LogP) is -1.89. The molecule has 0 saturated carbocycles. The van der Waals surface area contributed by atoms with Gasteiger partial charge in [-0.15, -0.1) is 28.2 Å². The number of β-lactam (4-membered cyclic amide) rings is 1. The third-order valence-electron chi connectivity index (χ3n) is 5.38. The number of oxime groups is 1. The number of hydrogen-bond acceptors (Lipinski definition) is 16. The number of aliphatic hydroxyl groups is 1. The molecular formula is C20H21N9O9S3. The molecule has 18 nitrogen and oxygen atoms in total. The van der Waals surface area contributed by atoms with Gasteiger partial charge >= 0.3 is 5.97 Å². The molecule has 1 saturated heterocycles. The minimum absolute atomic E-state index is 0.0436. The van der Waals surface area contributed by atoms with Gasteiger partial charge in [-0.25, -0.2) is 14.5 Å². The van der Waals surface area contributed by atoms with Gasteiger partial charge in [-0.1, -0.05) is 16.9 Å². The highest BCUT2D eigenvalue weighted by atomic mass is 32.2. The number of aliphatic carboxylic acids is 1. The molecule has 4 rings (SSSR count). The average Bonchev–Trinajstić information content (AvgIpc) is 3.61. The van der Waals surface area contributed by atoms with Crippen LogP contribution in [0.1, 0.15) is 5.69 Å². The van der Waals surface area contributed by atoms with E-state index in [0.717, 1.165) is 28.0 Å². The summed E-state index contributed by atoms with van der Waals surface area (Å²) in [6.07, 6.45) is 0.409. The van der Waals surface area contributed by atoms with Crippen LogP contribution in [0.5, 0.6) is 0 Å². The summed E-state index contributed by atoms with van der Waals surface area (Å²) >= 11 is 3.45. The third-order valence-corrected chi connectivity index (χ3v) is 8.54. The number of thioether (sulfide) groups is 2. The number of amides is 3. The molecule has 2 atom stereocenters. The standard InChI is InChI=1S/C20H21N9O9S3/c30-2-1-28-20(24-26-27-28)41-6-10-5-39-17-13(16(34)29(17)14(10)18(35)36)23-15(33)12(25-38-4-3-37-9-32)11-7-40-19(22-11)21-8-31/h7-9,13,17,30H,1-6H2,(H,23,33)(H,35,36)(H,21,22,31)/t13?,17-/m0/s1. The van der Waals surface area contributed by atoms with Gasteiger partial charge in [0, 0.05) is 16.9 Å². The minimum atomic E-state index is -1.30. The van der Waals surface area contributed by atoms with Crippen molar-refractivity contribution in [3.05, 3.63) is 22.3 Å². The van der Waals surface area contributed by atoms with Crippen molar-refractivity contribution in [2.75, 3.05) is 36.6 Å². The van der Waals surface area contributed by atoms with Gasteiger partial charge in [0.25, 0.3) is 18.3 Å². The molecule has 21 heteroatoms. The molecule has 218 valence electrons. The summed E-state index contributed by atoms with van der Waals surface area (Å²) in [6.45, 7) is -0.0953. The Kier molecular flexibility index (Phi) is 10.2. The Morgan fingerprint density at radius 1 is 1.32 bits per heavy atom. The van der Waals surface area contributed by atoms with Gasteiger partial charge in [-0.05, 0) is 16.0 Å². The van der Waals surface area contributed by atoms with E-state index in [9.17, 15) is 29.1 Å². The molecule has 2 aliphatic rings. The molecule has 2 aromatic rings. The van der Waals surface area contributed by atoms with Gasteiger partial charge in [0.2, 0.25) is 11.6 Å². The first-order chi connectivity index (χ1) is 19.9. The summed E-state index contributed by atoms with van der Waals surface area (Å²) < 4.78 is 5.89. The van der Waals surface area contributed by atoms with Crippen molar-refractivity contribution < 1.29 is 43.8 Å². The maximum Gasteiger partial charge on any atom is 0.352 e. The van der Waals surface area contributed by atoms with E-state index in [4.69, 9.17) is 9.94 Å². The molecule has 2 aliphatic heterocycles. The fourth-order valence-corrected chi connectivity index (χ4v) is 6.68. The summed E-state index contributed by atoms with van der Waals surface area (Å²) in [5, 5.41) is 40.2. The molecule has 2 aromatic heterocycles. The number of carboxylic acid groups (broad SMARTS) is 1. The number of tetrazole rings is 1. The van der Waals surface area contributed by atoms with Gasteiger partial charge in [-0.3, -0.25) is 24.1 Å². The van der Waals surface area contributed by atoms with Gasteiger partial charge in [-0.2, -0.15) is 0 Å². The Hall–Kier alpha value is -4.08. The molecular weight excluding hydrogens is 606 g/mol. The Bertz CT molecular complexity index is 1380. The summed E-state index contributed by atoms with van der Waals surface area (Å²) in [4.78, 5) is 69.7. The number of carboxylic acids is 1. The maximum atomic E-state index is 13.2. The van der Waals surface area contributed by atoms with Crippen molar-refractivity contribution in [1.82, 2.24) is 35.4 Å². The lowest BCUT2D eigenvalue weighted by Crippen LogP contribution is -2.71. The number of nitrogens with one attached hydrogen (secondary N) is 2. The van der Waals surface area contributed by atoms with E-state index >= 15 is 0 Å². The molecule has 3 amide bonds. The highest BCUT2D eigenvalue weighted by molar-refractivity contribution is 8.01. The van der Waals surface area contributed by atoms with E-state index in [0.29, 0.717) is 17.1 Å². The Morgan fingerprint density at radius 3 is 2.88 bits per heavy atom. The zero-order valence-corrected chi connectivity index (χ0v) is 23.2. The van der Waals surface area contributed by atoms with Crippen LogP contribution in [0.15, 0.2) is 27.0 Å². The Balaban J connectivity index is 1.47. The number of carbonyl (C=O) groups is 5. The van der Waals surface area contributed by atoms with Crippen LogP contribution >= 0.6 is 34.9 Å². The van der Waals surface area contributed by atoms with Crippen LogP contribution in [0.3, 0.4) is 0 Å². The van der Waals surface area contributed by atoms with Crippen LogP contribution in [0.2, 0.25) is 0 Å². The first kappa shape index (κ1) is 29.9. The fourth-order valence-electron chi connectivity index (χ4n) is 3.64. The number of aromatic nitrogens is 5. The molecule has 0 aromatic carbocycles. The van der Waals surface area contributed by atoms with Gasteiger partial charge < -0.3 is 30.4 Å². The van der Waals surface area contributed by atoms with Gasteiger partial charge in [0.15, 0.2) is 17.5 Å². The zero-order chi connectivity index (χ0) is 29.4. The SMILES string of the molecule is O=CNc1nc(C(=NOCCOC=O)C(=O)NC2C(=O)N3C(C(=O)O)=C(CSc4nnnn4CCO)CS[C@@H]23)cs1. The Labute approximate surface area is 242 Å². The molecule has 0 bridgehead atoms. The minimum Gasteiger partial charge on any atom is -0.477 e. The van der Waals surface area contributed by atoms with E-state index in [1.165, 1.54) is 21.8 Å². The van der Waals surface area contributed by atoms with Crippen molar-refractivity contribution in [1.29, 1.82) is 0 Å². The monoisotopic (exact) mass is 627 g/mol. The first-order valence-electron chi connectivity index (χ1n) is 11.5. The molecule has 1 unspecified atom stereocenters. The summed E-state index contributed by atoms with van der Waals surface area (Å²) in [5.41, 5.74) is 0.00724. The lowest BCUT2D eigenvalue weighted by molar-refractivity contribution is -0.150. The Morgan fingerprint density at radius 2 is 2.15 bits per heavy atom. The van der Waals surface area contributed by atoms with Crippen LogP contribution in [0, 0.1) is 0 Å². The third kappa shape index (κ3) is 6.81. The predicted molar refractivity (Wildman–Crippen MR) is 142 cm³/mol. The molecule has 0 radical (unpaired) electrons. The molecule has 0 aliphatic carbocycles. The second-order valence-corrected chi connectivity index (χ2v) is 10.8. The van der Waals surface area contributed by atoms with Crippen LogP contribution < -0.4 is 10.6 Å². The normalized spacial score (nSPS) is 18.3. The molecule has 4 heterocycles. The largest absolute Gasteiger partial charge is 0.477 e. The second-order valence-electron chi connectivity index (χ2n) is 7.86. The quantitative estimate of drug-likeness (QED) is 0.0397. The highest BCUT2D eigenvalue weighted by Crippen LogP contribution is 2.41. The lowest BCUT2D eigenvalue weighted by atomic mass is 10.0. The number of anilines is 1. The summed E-state index contributed by atoms with van der Waals surface area (Å²) in [7, 11) is 0. The first-order valence-corrected chi connectivity index (χ1v) is 14.4. The number of hydrogen-bond donors (Lipinski definition) is 4.